The molecule has 2 atom stereocenters. The first-order valence-electron chi connectivity index (χ1n) is 9.41. The molecule has 3 saturated heterocycles. The molecular weight excluding hydrogens is 312 g/mol. The average molecular weight is 342 g/mol. The molecular formula is C21H30N2O2. The highest BCUT2D eigenvalue weighted by atomic mass is 16.5. The van der Waals surface area contributed by atoms with E-state index >= 15 is 0 Å². The van der Waals surface area contributed by atoms with E-state index in [0.717, 1.165) is 45.6 Å². The van der Waals surface area contributed by atoms with Crippen molar-refractivity contribution in [3.8, 4) is 0 Å². The molecule has 0 unspecified atom stereocenters. The second-order valence-corrected chi connectivity index (χ2v) is 7.50. The molecule has 1 aromatic rings. The van der Waals surface area contributed by atoms with Gasteiger partial charge in [-0.25, -0.2) is 0 Å². The van der Waals surface area contributed by atoms with Gasteiger partial charge in [-0.15, -0.1) is 0 Å². The summed E-state index contributed by atoms with van der Waals surface area (Å²) >= 11 is 0. The summed E-state index contributed by atoms with van der Waals surface area (Å²) in [5.41, 5.74) is 2.49. The first-order valence-corrected chi connectivity index (χ1v) is 9.41. The maximum absolute atomic E-state index is 12.7. The molecule has 1 aromatic carbocycles. The number of piperidine rings is 1. The Morgan fingerprint density at radius 3 is 2.76 bits per heavy atom. The van der Waals surface area contributed by atoms with Crippen molar-refractivity contribution in [1.29, 1.82) is 0 Å². The average Bonchev–Trinajstić information content (AvgIpc) is 2.88. The zero-order chi connectivity index (χ0) is 17.6. The summed E-state index contributed by atoms with van der Waals surface area (Å²) in [4.78, 5) is 17.2. The molecule has 0 radical (unpaired) electrons. The lowest BCUT2D eigenvalue weighted by molar-refractivity contribution is -0.139. The van der Waals surface area contributed by atoms with Crippen molar-refractivity contribution >= 4 is 5.91 Å². The van der Waals surface area contributed by atoms with Crippen LogP contribution in [0.5, 0.6) is 0 Å². The van der Waals surface area contributed by atoms with Crippen molar-refractivity contribution in [2.24, 2.45) is 5.92 Å². The molecule has 0 spiro atoms. The molecule has 3 heterocycles. The molecule has 0 aromatic heterocycles. The van der Waals surface area contributed by atoms with Crippen LogP contribution in [0.2, 0.25) is 0 Å². The quantitative estimate of drug-likeness (QED) is 0.564. The topological polar surface area (TPSA) is 32.8 Å². The Balaban J connectivity index is 1.49. The van der Waals surface area contributed by atoms with Crippen molar-refractivity contribution in [1.82, 2.24) is 9.80 Å². The number of nitrogens with zero attached hydrogens (tertiary/aromatic N) is 2. The Morgan fingerprint density at radius 2 is 2.00 bits per heavy atom. The summed E-state index contributed by atoms with van der Waals surface area (Å²) in [7, 11) is 0. The molecule has 4 rings (SSSR count). The Kier molecular flexibility index (Phi) is 6.27. The highest BCUT2D eigenvalue weighted by Gasteiger charge is 2.39. The van der Waals surface area contributed by atoms with E-state index in [2.05, 4.69) is 41.9 Å². The Labute approximate surface area is 151 Å². The fourth-order valence-corrected chi connectivity index (χ4v) is 3.79. The fourth-order valence-electron chi connectivity index (χ4n) is 3.79. The molecule has 3 aliphatic rings. The van der Waals surface area contributed by atoms with Crippen LogP contribution in [0, 0.1) is 5.92 Å². The van der Waals surface area contributed by atoms with Gasteiger partial charge in [0.25, 0.3) is 0 Å². The lowest BCUT2D eigenvalue weighted by atomic mass is 9.94. The number of amides is 1. The van der Waals surface area contributed by atoms with Gasteiger partial charge >= 0.3 is 0 Å². The number of benzene rings is 1. The van der Waals surface area contributed by atoms with E-state index < -0.39 is 0 Å². The number of hydrogen-bond acceptors (Lipinski definition) is 3. The summed E-state index contributed by atoms with van der Waals surface area (Å²) in [6, 6.07) is 10.6. The van der Waals surface area contributed by atoms with Crippen LogP contribution in [-0.4, -0.2) is 54.5 Å². The normalized spacial score (nSPS) is 23.6. The van der Waals surface area contributed by atoms with Crippen molar-refractivity contribution in [2.45, 2.75) is 39.3 Å². The minimum atomic E-state index is 0.165. The van der Waals surface area contributed by atoms with E-state index in [0.29, 0.717) is 18.6 Å². The van der Waals surface area contributed by atoms with E-state index in [9.17, 15) is 4.79 Å². The highest BCUT2D eigenvalue weighted by molar-refractivity contribution is 5.80. The number of allylic oxidation sites excluding steroid dienone is 1. The van der Waals surface area contributed by atoms with Gasteiger partial charge in [-0.3, -0.25) is 9.69 Å². The maximum atomic E-state index is 12.7. The number of ether oxygens (including phenoxy) is 1. The zero-order valence-electron chi connectivity index (χ0n) is 15.5. The SMILES string of the molecule is CC(C)=CCN1C(=O)[C@H]2CC[C@@H]1CN(CCOCc1ccccc1)C2. The van der Waals surface area contributed by atoms with Crippen LogP contribution in [0.3, 0.4) is 0 Å². The molecule has 4 heteroatoms. The van der Waals surface area contributed by atoms with Gasteiger partial charge in [0.05, 0.1) is 19.1 Å². The van der Waals surface area contributed by atoms with Crippen LogP contribution in [0.4, 0.5) is 0 Å². The Hall–Kier alpha value is -1.65. The minimum Gasteiger partial charge on any atom is -0.375 e. The number of fused-ring (bicyclic) bond motifs is 4. The van der Waals surface area contributed by atoms with Crippen molar-refractivity contribution in [2.75, 3.05) is 32.8 Å². The molecule has 1 amide bonds. The summed E-state index contributed by atoms with van der Waals surface area (Å²) < 4.78 is 5.84. The lowest BCUT2D eigenvalue weighted by Crippen LogP contribution is -2.47. The van der Waals surface area contributed by atoms with Gasteiger partial charge in [0, 0.05) is 32.2 Å². The third-order valence-electron chi connectivity index (χ3n) is 5.23. The fraction of sp³-hybridized carbons (Fsp3) is 0.571. The molecule has 0 aliphatic carbocycles. The minimum absolute atomic E-state index is 0.165. The largest absolute Gasteiger partial charge is 0.375 e. The number of carbonyl (C=O) groups excluding carboxylic acids is 1. The van der Waals surface area contributed by atoms with E-state index in [1.807, 2.05) is 18.2 Å². The molecule has 3 fully saturated rings. The van der Waals surface area contributed by atoms with Gasteiger partial charge in [-0.1, -0.05) is 42.0 Å². The van der Waals surface area contributed by atoms with E-state index in [4.69, 9.17) is 4.74 Å². The smallest absolute Gasteiger partial charge is 0.227 e. The third-order valence-corrected chi connectivity index (χ3v) is 5.23. The van der Waals surface area contributed by atoms with Gasteiger partial charge in [0.15, 0.2) is 0 Å². The first-order chi connectivity index (χ1) is 12.1. The summed E-state index contributed by atoms with van der Waals surface area (Å²) in [5, 5.41) is 0. The van der Waals surface area contributed by atoms with E-state index in [1.54, 1.807) is 0 Å². The molecule has 136 valence electrons. The Bertz CT molecular complexity index is 595. The molecule has 4 nitrogen and oxygen atoms in total. The van der Waals surface area contributed by atoms with Crippen LogP contribution in [0.15, 0.2) is 42.0 Å². The zero-order valence-corrected chi connectivity index (χ0v) is 15.5. The van der Waals surface area contributed by atoms with Crippen molar-refractivity contribution in [3.63, 3.8) is 0 Å². The Morgan fingerprint density at radius 1 is 1.20 bits per heavy atom. The van der Waals surface area contributed by atoms with Gasteiger partial charge in [-0.2, -0.15) is 0 Å². The summed E-state index contributed by atoms with van der Waals surface area (Å²) in [6.45, 7) is 9.10. The molecule has 0 saturated carbocycles. The second kappa shape index (κ2) is 8.63. The summed E-state index contributed by atoms with van der Waals surface area (Å²) in [5.74, 6) is 0.514. The second-order valence-electron chi connectivity index (χ2n) is 7.50. The lowest BCUT2D eigenvalue weighted by Gasteiger charge is -2.35. The maximum Gasteiger partial charge on any atom is 0.227 e. The van der Waals surface area contributed by atoms with Gasteiger partial charge in [0.2, 0.25) is 5.91 Å². The first kappa shape index (κ1) is 18.2. The van der Waals surface area contributed by atoms with Crippen molar-refractivity contribution in [3.05, 3.63) is 47.5 Å². The molecule has 3 aliphatic heterocycles. The van der Waals surface area contributed by atoms with Crippen LogP contribution >= 0.6 is 0 Å². The van der Waals surface area contributed by atoms with Crippen LogP contribution in [0.25, 0.3) is 0 Å². The number of rotatable bonds is 7. The highest BCUT2D eigenvalue weighted by Crippen LogP contribution is 2.29. The van der Waals surface area contributed by atoms with Crippen LogP contribution in [0.1, 0.15) is 32.3 Å². The van der Waals surface area contributed by atoms with Gasteiger partial charge < -0.3 is 9.64 Å². The number of carbonyl (C=O) groups is 1. The van der Waals surface area contributed by atoms with Gasteiger partial charge in [-0.05, 0) is 32.3 Å². The molecule has 0 N–H and O–H groups in total. The van der Waals surface area contributed by atoms with E-state index in [-0.39, 0.29) is 5.92 Å². The van der Waals surface area contributed by atoms with Crippen molar-refractivity contribution < 1.29 is 9.53 Å². The predicted molar refractivity (Wildman–Crippen MR) is 100 cm³/mol. The molecule has 25 heavy (non-hydrogen) atoms. The van der Waals surface area contributed by atoms with Crippen LogP contribution in [-0.2, 0) is 16.1 Å². The molecule has 2 bridgehead atoms. The standard InChI is InChI=1S/C21H30N2O2/c1-17(2)10-11-23-20-9-8-19(21(23)24)14-22(15-20)12-13-25-16-18-6-4-3-5-7-18/h3-7,10,19-20H,8-9,11-16H2,1-2H3/t19-,20+/m0/s1. The predicted octanol–water partition coefficient (Wildman–Crippen LogP) is 3.09. The van der Waals surface area contributed by atoms with Crippen LogP contribution < -0.4 is 0 Å². The third kappa shape index (κ3) is 4.93. The monoisotopic (exact) mass is 342 g/mol. The van der Waals surface area contributed by atoms with E-state index in [1.165, 1.54) is 11.1 Å². The number of hydrogen-bond donors (Lipinski definition) is 0. The van der Waals surface area contributed by atoms with Gasteiger partial charge in [0.1, 0.15) is 0 Å². The summed E-state index contributed by atoms with van der Waals surface area (Å²) in [6.07, 6.45) is 4.34.